The molecule has 1 aromatic carbocycles. The molecule has 0 saturated heterocycles. The maximum Gasteiger partial charge on any atom is 0.341 e. The molecule has 1 aliphatic carbocycles. The Morgan fingerprint density at radius 1 is 1.31 bits per heavy atom. The van der Waals surface area contributed by atoms with Gasteiger partial charge in [-0.2, -0.15) is 0 Å². The van der Waals surface area contributed by atoms with Crippen LogP contribution in [0.15, 0.2) is 24.3 Å². The zero-order valence-corrected chi connectivity index (χ0v) is 19.0. The maximum absolute atomic E-state index is 12.6. The van der Waals surface area contributed by atoms with Crippen LogP contribution in [0.5, 0.6) is 0 Å². The smallest absolute Gasteiger partial charge is 0.341 e. The Morgan fingerprint density at radius 2 is 2.07 bits per heavy atom. The van der Waals surface area contributed by atoms with Gasteiger partial charge in [-0.3, -0.25) is 4.79 Å². The molecule has 29 heavy (non-hydrogen) atoms. The SMILES string of the molecule is COC(=O)c1c(NC(=O)CCc2cccc(Cl)c2)sc2c1CCC(C(C)(C)C)C2. The summed E-state index contributed by atoms with van der Waals surface area (Å²) in [6.07, 6.45) is 3.74. The molecular formula is C23H28ClNO3S. The monoisotopic (exact) mass is 433 g/mol. The molecule has 1 heterocycles. The largest absolute Gasteiger partial charge is 0.465 e. The summed E-state index contributed by atoms with van der Waals surface area (Å²) in [4.78, 5) is 26.2. The minimum Gasteiger partial charge on any atom is -0.465 e. The normalized spacial score (nSPS) is 16.2. The Morgan fingerprint density at radius 3 is 2.72 bits per heavy atom. The van der Waals surface area contributed by atoms with Crippen molar-refractivity contribution in [1.82, 2.24) is 0 Å². The Kier molecular flexibility index (Phi) is 6.69. The van der Waals surface area contributed by atoms with Crippen LogP contribution in [0.3, 0.4) is 0 Å². The summed E-state index contributed by atoms with van der Waals surface area (Å²) in [5, 5.41) is 4.25. The van der Waals surface area contributed by atoms with Crippen molar-refractivity contribution in [2.75, 3.05) is 12.4 Å². The van der Waals surface area contributed by atoms with Gasteiger partial charge < -0.3 is 10.1 Å². The number of carbonyl (C=O) groups excluding carboxylic acids is 2. The molecule has 1 aromatic heterocycles. The zero-order valence-electron chi connectivity index (χ0n) is 17.4. The van der Waals surface area contributed by atoms with Gasteiger partial charge in [-0.15, -0.1) is 11.3 Å². The first-order valence-electron chi connectivity index (χ1n) is 9.96. The lowest BCUT2D eigenvalue weighted by Crippen LogP contribution is -2.26. The molecule has 0 aliphatic heterocycles. The number of hydrogen-bond acceptors (Lipinski definition) is 4. The number of esters is 1. The number of ether oxygens (including phenoxy) is 1. The molecule has 1 unspecified atom stereocenters. The first kappa shape index (κ1) is 21.8. The lowest BCUT2D eigenvalue weighted by Gasteiger charge is -2.33. The molecule has 2 aromatic rings. The highest BCUT2D eigenvalue weighted by Gasteiger charge is 2.34. The Balaban J connectivity index is 1.77. The van der Waals surface area contributed by atoms with Crippen molar-refractivity contribution in [3.05, 3.63) is 50.9 Å². The van der Waals surface area contributed by atoms with Crippen molar-refractivity contribution in [2.24, 2.45) is 11.3 Å². The van der Waals surface area contributed by atoms with Crippen LogP contribution in [0.4, 0.5) is 5.00 Å². The number of carbonyl (C=O) groups is 2. The molecule has 0 saturated carbocycles. The van der Waals surface area contributed by atoms with Gasteiger partial charge >= 0.3 is 5.97 Å². The van der Waals surface area contributed by atoms with E-state index in [9.17, 15) is 9.59 Å². The highest BCUT2D eigenvalue weighted by atomic mass is 35.5. The van der Waals surface area contributed by atoms with Crippen LogP contribution in [0.1, 0.15) is 60.0 Å². The zero-order chi connectivity index (χ0) is 21.2. The van der Waals surface area contributed by atoms with Crippen molar-refractivity contribution in [1.29, 1.82) is 0 Å². The van der Waals surface area contributed by atoms with Crippen molar-refractivity contribution < 1.29 is 14.3 Å². The van der Waals surface area contributed by atoms with Crippen LogP contribution >= 0.6 is 22.9 Å². The number of hydrogen-bond donors (Lipinski definition) is 1. The first-order chi connectivity index (χ1) is 13.7. The number of anilines is 1. The van der Waals surface area contributed by atoms with Crippen molar-refractivity contribution >= 4 is 39.8 Å². The van der Waals surface area contributed by atoms with Gasteiger partial charge in [-0.1, -0.05) is 44.5 Å². The number of thiophene rings is 1. The van der Waals surface area contributed by atoms with E-state index in [-0.39, 0.29) is 17.3 Å². The van der Waals surface area contributed by atoms with E-state index in [1.54, 1.807) is 0 Å². The highest BCUT2D eigenvalue weighted by Crippen LogP contribution is 2.44. The van der Waals surface area contributed by atoms with Gasteiger partial charge in [0.15, 0.2) is 0 Å². The summed E-state index contributed by atoms with van der Waals surface area (Å²) in [5.41, 5.74) is 2.82. The van der Waals surface area contributed by atoms with Crippen LogP contribution < -0.4 is 5.32 Å². The average molecular weight is 434 g/mol. The minimum atomic E-state index is -0.373. The van der Waals surface area contributed by atoms with E-state index in [1.807, 2.05) is 24.3 Å². The van der Waals surface area contributed by atoms with E-state index >= 15 is 0 Å². The molecule has 1 amide bonds. The Bertz CT molecular complexity index is 913. The third-order valence-electron chi connectivity index (χ3n) is 5.66. The molecule has 1 atom stereocenters. The van der Waals surface area contributed by atoms with Crippen LogP contribution in [-0.2, 0) is 28.8 Å². The molecule has 0 radical (unpaired) electrons. The Labute approximate surface area is 181 Å². The number of aryl methyl sites for hydroxylation is 1. The number of nitrogens with one attached hydrogen (secondary N) is 1. The molecule has 3 rings (SSSR count). The van der Waals surface area contributed by atoms with Gasteiger partial charge in [-0.25, -0.2) is 4.79 Å². The van der Waals surface area contributed by atoms with Crippen LogP contribution in [0.25, 0.3) is 0 Å². The van der Waals surface area contributed by atoms with Gasteiger partial charge in [0.05, 0.1) is 12.7 Å². The maximum atomic E-state index is 12.6. The van der Waals surface area contributed by atoms with Crippen molar-refractivity contribution in [2.45, 2.75) is 52.9 Å². The van der Waals surface area contributed by atoms with E-state index in [0.717, 1.165) is 30.4 Å². The Hall–Kier alpha value is -1.85. The standard InChI is InChI=1S/C23H28ClNO3S/c1-23(2,3)15-9-10-17-18(13-15)29-21(20(17)22(27)28-4)25-19(26)11-8-14-6-5-7-16(24)12-14/h5-7,12,15H,8-11,13H2,1-4H3,(H,25,26). The lowest BCUT2D eigenvalue weighted by atomic mass is 9.72. The second kappa shape index (κ2) is 8.88. The number of fused-ring (bicyclic) bond motifs is 1. The van der Waals surface area contributed by atoms with Gasteiger partial charge in [0.1, 0.15) is 5.00 Å². The predicted octanol–water partition coefficient (Wildman–Crippen LogP) is 5.91. The van der Waals surface area contributed by atoms with Gasteiger partial charge in [0.25, 0.3) is 0 Å². The summed E-state index contributed by atoms with van der Waals surface area (Å²) in [7, 11) is 1.39. The highest BCUT2D eigenvalue weighted by molar-refractivity contribution is 7.17. The number of halogens is 1. The van der Waals surface area contributed by atoms with E-state index < -0.39 is 0 Å². The minimum absolute atomic E-state index is 0.110. The van der Waals surface area contributed by atoms with Crippen LogP contribution in [-0.4, -0.2) is 19.0 Å². The van der Waals surface area contributed by atoms with Crippen molar-refractivity contribution in [3.63, 3.8) is 0 Å². The lowest BCUT2D eigenvalue weighted by molar-refractivity contribution is -0.116. The second-order valence-corrected chi connectivity index (χ2v) is 10.2. The summed E-state index contributed by atoms with van der Waals surface area (Å²) < 4.78 is 5.02. The number of amides is 1. The first-order valence-corrected chi connectivity index (χ1v) is 11.2. The van der Waals surface area contributed by atoms with Crippen molar-refractivity contribution in [3.8, 4) is 0 Å². The van der Waals surface area contributed by atoms with E-state index in [0.29, 0.717) is 34.3 Å². The molecule has 0 bridgehead atoms. The van der Waals surface area contributed by atoms with Gasteiger partial charge in [0, 0.05) is 16.3 Å². The van der Waals surface area contributed by atoms with E-state index in [4.69, 9.17) is 16.3 Å². The molecule has 6 heteroatoms. The van der Waals surface area contributed by atoms with Gasteiger partial charge in [0.2, 0.25) is 5.91 Å². The number of rotatable bonds is 5. The molecular weight excluding hydrogens is 406 g/mol. The molecule has 0 spiro atoms. The molecule has 0 fully saturated rings. The second-order valence-electron chi connectivity index (χ2n) is 8.68. The molecule has 4 nitrogen and oxygen atoms in total. The predicted molar refractivity (Wildman–Crippen MR) is 119 cm³/mol. The third-order valence-corrected chi connectivity index (χ3v) is 7.07. The summed E-state index contributed by atoms with van der Waals surface area (Å²) >= 11 is 7.54. The van der Waals surface area contributed by atoms with E-state index in [1.165, 1.54) is 23.3 Å². The number of benzene rings is 1. The number of methoxy groups -OCH3 is 1. The summed E-state index contributed by atoms with van der Waals surface area (Å²) in [6.45, 7) is 6.78. The quantitative estimate of drug-likeness (QED) is 0.596. The molecule has 1 N–H and O–H groups in total. The van der Waals surface area contributed by atoms with Crippen LogP contribution in [0.2, 0.25) is 5.02 Å². The summed E-state index contributed by atoms with van der Waals surface area (Å²) in [5.74, 6) is 0.0773. The fourth-order valence-corrected chi connectivity index (χ4v) is 5.42. The third kappa shape index (κ3) is 5.20. The van der Waals surface area contributed by atoms with Crippen LogP contribution in [0, 0.1) is 11.3 Å². The van der Waals surface area contributed by atoms with E-state index in [2.05, 4.69) is 26.1 Å². The van der Waals surface area contributed by atoms with Gasteiger partial charge in [-0.05, 0) is 60.3 Å². The average Bonchev–Trinajstić information content (AvgIpc) is 3.02. The fourth-order valence-electron chi connectivity index (χ4n) is 3.87. The fraction of sp³-hybridized carbons (Fsp3) is 0.478. The topological polar surface area (TPSA) is 55.4 Å². The molecule has 1 aliphatic rings. The summed E-state index contributed by atoms with van der Waals surface area (Å²) in [6, 6.07) is 7.51. The molecule has 156 valence electrons.